The number of nitrogens with one attached hydrogen (secondary N) is 2. The number of urea groups is 1. The Balaban J connectivity index is 1.58. The van der Waals surface area contributed by atoms with Crippen LogP contribution in [0.2, 0.25) is 0 Å². The summed E-state index contributed by atoms with van der Waals surface area (Å²) in [5, 5.41) is 5.31. The second kappa shape index (κ2) is 7.80. The van der Waals surface area contributed by atoms with E-state index in [2.05, 4.69) is 15.6 Å². The zero-order valence-electron chi connectivity index (χ0n) is 13.7. The van der Waals surface area contributed by atoms with E-state index in [0.29, 0.717) is 48.0 Å². The predicted octanol–water partition coefficient (Wildman–Crippen LogP) is 2.46. The first kappa shape index (κ1) is 17.0. The number of hydrogen-bond donors (Lipinski definition) is 2. The number of hydrogen-bond acceptors (Lipinski definition) is 5. The first-order valence-electron chi connectivity index (χ1n) is 7.73. The number of nitrogens with zero attached hydrogens (tertiary/aromatic N) is 1. The highest BCUT2D eigenvalue weighted by Gasteiger charge is 2.17. The second-order valence-electron chi connectivity index (χ2n) is 5.35. The van der Waals surface area contributed by atoms with Crippen LogP contribution < -0.4 is 20.1 Å². The van der Waals surface area contributed by atoms with Gasteiger partial charge in [0.25, 0.3) is 0 Å². The number of ether oxygens (including phenoxy) is 3. The smallest absolute Gasteiger partial charge is 0.320 e. The van der Waals surface area contributed by atoms with Gasteiger partial charge in [-0.1, -0.05) is 0 Å². The number of halogens is 1. The minimum atomic E-state index is -0.425. The second-order valence-corrected chi connectivity index (χ2v) is 5.35. The number of methoxy groups -OCH3 is 1. The average Bonchev–Trinajstić information content (AvgIpc) is 2.62. The van der Waals surface area contributed by atoms with Crippen LogP contribution in [-0.4, -0.2) is 31.5 Å². The zero-order valence-corrected chi connectivity index (χ0v) is 13.7. The molecule has 0 aliphatic carbocycles. The molecular weight excluding hydrogens is 329 g/mol. The maximum absolute atomic E-state index is 13.7. The average molecular weight is 347 g/mol. The first-order chi connectivity index (χ1) is 12.2. The van der Waals surface area contributed by atoms with Crippen LogP contribution in [0, 0.1) is 5.82 Å². The molecule has 2 amide bonds. The van der Waals surface area contributed by atoms with E-state index in [-0.39, 0.29) is 12.6 Å². The lowest BCUT2D eigenvalue weighted by Gasteiger charge is -2.21. The summed E-state index contributed by atoms with van der Waals surface area (Å²) in [7, 11) is 1.50. The monoisotopic (exact) mass is 347 g/mol. The van der Waals surface area contributed by atoms with Gasteiger partial charge in [-0.3, -0.25) is 5.32 Å². The summed E-state index contributed by atoms with van der Waals surface area (Å²) in [6, 6.07) is 5.78. The van der Waals surface area contributed by atoms with E-state index < -0.39 is 6.03 Å². The molecule has 3 rings (SSSR count). The van der Waals surface area contributed by atoms with Gasteiger partial charge in [-0.15, -0.1) is 0 Å². The molecule has 2 aromatic rings. The van der Waals surface area contributed by atoms with Crippen molar-refractivity contribution in [3.8, 4) is 11.5 Å². The molecular formula is C17H18FN3O4. The molecule has 0 unspecified atom stereocenters. The van der Waals surface area contributed by atoms with Gasteiger partial charge in [0.1, 0.15) is 11.6 Å². The minimum Gasteiger partial charge on any atom is -0.493 e. The molecule has 0 saturated carbocycles. The van der Waals surface area contributed by atoms with E-state index in [9.17, 15) is 9.18 Å². The van der Waals surface area contributed by atoms with Gasteiger partial charge in [0.15, 0.2) is 18.4 Å². The highest BCUT2D eigenvalue weighted by molar-refractivity contribution is 5.89. The summed E-state index contributed by atoms with van der Waals surface area (Å²) in [5.41, 5.74) is 1.36. The Labute approximate surface area is 144 Å². The SMILES string of the molecule is COc1cccnc1NC(=O)NCCc1cc(F)cc2c1OCOC2. The van der Waals surface area contributed by atoms with Crippen molar-refractivity contribution in [3.63, 3.8) is 0 Å². The Hall–Kier alpha value is -2.87. The van der Waals surface area contributed by atoms with Crippen LogP contribution in [0.5, 0.6) is 11.5 Å². The quantitative estimate of drug-likeness (QED) is 0.868. The van der Waals surface area contributed by atoms with Crippen molar-refractivity contribution in [2.75, 3.05) is 25.8 Å². The molecule has 1 aliphatic heterocycles. The lowest BCUT2D eigenvalue weighted by molar-refractivity contribution is -0.0172. The minimum absolute atomic E-state index is 0.138. The number of carbonyl (C=O) groups is 1. The summed E-state index contributed by atoms with van der Waals surface area (Å²) in [6.07, 6.45) is 1.98. The van der Waals surface area contributed by atoms with Crippen LogP contribution in [0.3, 0.4) is 0 Å². The molecule has 7 nitrogen and oxygen atoms in total. The fourth-order valence-electron chi connectivity index (χ4n) is 2.55. The number of fused-ring (bicyclic) bond motifs is 1. The largest absolute Gasteiger partial charge is 0.493 e. The van der Waals surface area contributed by atoms with E-state index in [1.807, 2.05) is 0 Å². The van der Waals surface area contributed by atoms with Gasteiger partial charge in [0.05, 0.1) is 13.7 Å². The summed E-state index contributed by atoms with van der Waals surface area (Å²) in [4.78, 5) is 16.0. The molecule has 8 heteroatoms. The Morgan fingerprint density at radius 2 is 2.32 bits per heavy atom. The molecule has 2 heterocycles. The number of carbonyl (C=O) groups excluding carboxylic acids is 1. The standard InChI is InChI=1S/C17H18FN3O4/c1-23-14-3-2-5-19-16(14)21-17(22)20-6-4-11-7-13(18)8-12-9-24-10-25-15(11)12/h2-3,5,7-8H,4,6,9-10H2,1H3,(H2,19,20,21,22). The number of amides is 2. The molecule has 0 radical (unpaired) electrons. The number of benzene rings is 1. The normalized spacial score (nSPS) is 12.7. The predicted molar refractivity (Wildman–Crippen MR) is 88.2 cm³/mol. The van der Waals surface area contributed by atoms with Crippen molar-refractivity contribution in [1.82, 2.24) is 10.3 Å². The molecule has 1 aromatic heterocycles. The topological polar surface area (TPSA) is 81.7 Å². The van der Waals surface area contributed by atoms with E-state index in [1.54, 1.807) is 18.3 Å². The third-order valence-corrected chi connectivity index (χ3v) is 3.65. The van der Waals surface area contributed by atoms with Gasteiger partial charge in [0, 0.05) is 18.3 Å². The summed E-state index contributed by atoms with van der Waals surface area (Å²) in [6.45, 7) is 0.758. The van der Waals surface area contributed by atoms with Gasteiger partial charge in [-0.25, -0.2) is 14.2 Å². The number of rotatable bonds is 5. The van der Waals surface area contributed by atoms with E-state index in [1.165, 1.54) is 19.2 Å². The molecule has 0 atom stereocenters. The van der Waals surface area contributed by atoms with Crippen LogP contribution in [0.25, 0.3) is 0 Å². The number of aromatic nitrogens is 1. The maximum Gasteiger partial charge on any atom is 0.320 e. The van der Waals surface area contributed by atoms with Crippen LogP contribution in [0.4, 0.5) is 15.0 Å². The lowest BCUT2D eigenvalue weighted by Crippen LogP contribution is -2.31. The summed E-state index contributed by atoms with van der Waals surface area (Å²) >= 11 is 0. The van der Waals surface area contributed by atoms with Crippen molar-refractivity contribution in [2.24, 2.45) is 0 Å². The molecule has 1 aliphatic rings. The van der Waals surface area contributed by atoms with Gasteiger partial charge in [-0.05, 0) is 36.2 Å². The third-order valence-electron chi connectivity index (χ3n) is 3.65. The Bertz CT molecular complexity index is 770. The maximum atomic E-state index is 13.7. The highest BCUT2D eigenvalue weighted by Crippen LogP contribution is 2.29. The Kier molecular flexibility index (Phi) is 5.30. The first-order valence-corrected chi connectivity index (χ1v) is 7.73. The molecule has 2 N–H and O–H groups in total. The summed E-state index contributed by atoms with van der Waals surface area (Å²) < 4.78 is 29.4. The molecule has 1 aromatic carbocycles. The Morgan fingerprint density at radius 3 is 3.16 bits per heavy atom. The van der Waals surface area contributed by atoms with Crippen LogP contribution >= 0.6 is 0 Å². The molecule has 0 spiro atoms. The van der Waals surface area contributed by atoms with Crippen molar-refractivity contribution >= 4 is 11.8 Å². The van der Waals surface area contributed by atoms with E-state index in [4.69, 9.17) is 14.2 Å². The van der Waals surface area contributed by atoms with Gasteiger partial charge >= 0.3 is 6.03 Å². The Morgan fingerprint density at radius 1 is 1.44 bits per heavy atom. The van der Waals surface area contributed by atoms with E-state index in [0.717, 1.165) is 0 Å². The fourth-order valence-corrected chi connectivity index (χ4v) is 2.55. The lowest BCUT2D eigenvalue weighted by atomic mass is 10.1. The summed E-state index contributed by atoms with van der Waals surface area (Å²) in [5.74, 6) is 1.06. The molecule has 0 saturated heterocycles. The van der Waals surface area contributed by atoms with E-state index >= 15 is 0 Å². The third kappa shape index (κ3) is 4.16. The van der Waals surface area contributed by atoms with Crippen LogP contribution in [0.15, 0.2) is 30.5 Å². The van der Waals surface area contributed by atoms with Crippen LogP contribution in [-0.2, 0) is 17.8 Å². The van der Waals surface area contributed by atoms with Crippen molar-refractivity contribution < 1.29 is 23.4 Å². The fraction of sp³-hybridized carbons (Fsp3) is 0.294. The molecule has 132 valence electrons. The molecule has 0 bridgehead atoms. The van der Waals surface area contributed by atoms with Gasteiger partial charge < -0.3 is 19.5 Å². The van der Waals surface area contributed by atoms with Crippen molar-refractivity contribution in [2.45, 2.75) is 13.0 Å². The zero-order chi connectivity index (χ0) is 17.6. The van der Waals surface area contributed by atoms with Crippen molar-refractivity contribution in [1.29, 1.82) is 0 Å². The van der Waals surface area contributed by atoms with Gasteiger partial charge in [-0.2, -0.15) is 0 Å². The molecule has 0 fully saturated rings. The number of anilines is 1. The van der Waals surface area contributed by atoms with Crippen molar-refractivity contribution in [3.05, 3.63) is 47.4 Å². The number of pyridine rings is 1. The van der Waals surface area contributed by atoms with Gasteiger partial charge in [0.2, 0.25) is 0 Å². The molecule has 25 heavy (non-hydrogen) atoms. The van der Waals surface area contributed by atoms with Crippen LogP contribution in [0.1, 0.15) is 11.1 Å². The highest BCUT2D eigenvalue weighted by atomic mass is 19.1.